The van der Waals surface area contributed by atoms with Crippen molar-refractivity contribution in [2.75, 3.05) is 40.0 Å². The lowest BCUT2D eigenvalue weighted by molar-refractivity contribution is -0.140. The van der Waals surface area contributed by atoms with E-state index in [0.29, 0.717) is 51.5 Å². The molecule has 2 N–H and O–H groups in total. The second kappa shape index (κ2) is 13.3. The maximum atomic E-state index is 12.6. The SMILES string of the molecule is COCC(=O)NCCOCCn1cc(CNC(=O)C2CCC(CN3C(=O)CC(C)C3=O)CC2)nn1. The molecule has 0 bridgehead atoms. The highest BCUT2D eigenvalue weighted by Gasteiger charge is 2.37. The summed E-state index contributed by atoms with van der Waals surface area (Å²) >= 11 is 0. The third-order valence-corrected chi connectivity index (χ3v) is 6.47. The number of nitrogens with one attached hydrogen (secondary N) is 2. The second-order valence-corrected chi connectivity index (χ2v) is 9.25. The van der Waals surface area contributed by atoms with Gasteiger partial charge in [0.2, 0.25) is 23.6 Å². The third kappa shape index (κ3) is 8.10. The molecule has 1 aromatic rings. The minimum absolute atomic E-state index is 0.00111. The molecule has 1 aliphatic carbocycles. The van der Waals surface area contributed by atoms with Crippen molar-refractivity contribution in [1.82, 2.24) is 30.5 Å². The van der Waals surface area contributed by atoms with Crippen LogP contribution in [0.1, 0.15) is 44.7 Å². The fourth-order valence-electron chi connectivity index (χ4n) is 4.46. The van der Waals surface area contributed by atoms with Crippen LogP contribution in [0.2, 0.25) is 0 Å². The predicted molar refractivity (Wildman–Crippen MR) is 124 cm³/mol. The zero-order valence-corrected chi connectivity index (χ0v) is 20.5. The molecule has 1 atom stereocenters. The van der Waals surface area contributed by atoms with E-state index in [1.165, 1.54) is 12.0 Å². The van der Waals surface area contributed by atoms with E-state index in [4.69, 9.17) is 9.47 Å². The number of methoxy groups -OCH3 is 1. The number of rotatable bonds is 13. The van der Waals surface area contributed by atoms with Crippen molar-refractivity contribution < 1.29 is 28.7 Å². The molecule has 2 fully saturated rings. The number of aromatic nitrogens is 3. The number of ether oxygens (including phenoxy) is 2. The first-order valence-corrected chi connectivity index (χ1v) is 12.2. The molecule has 1 saturated carbocycles. The highest BCUT2D eigenvalue weighted by molar-refractivity contribution is 6.03. The molecule has 12 heteroatoms. The Morgan fingerprint density at radius 2 is 1.91 bits per heavy atom. The summed E-state index contributed by atoms with van der Waals surface area (Å²) in [5.41, 5.74) is 0.666. The van der Waals surface area contributed by atoms with E-state index in [1.54, 1.807) is 17.8 Å². The van der Waals surface area contributed by atoms with Gasteiger partial charge in [-0.25, -0.2) is 4.68 Å². The first-order valence-electron chi connectivity index (χ1n) is 12.2. The van der Waals surface area contributed by atoms with Gasteiger partial charge in [0.15, 0.2) is 0 Å². The highest BCUT2D eigenvalue weighted by Crippen LogP contribution is 2.31. The van der Waals surface area contributed by atoms with Gasteiger partial charge in [0, 0.05) is 38.5 Å². The molecule has 0 spiro atoms. The van der Waals surface area contributed by atoms with E-state index in [0.717, 1.165) is 25.7 Å². The summed E-state index contributed by atoms with van der Waals surface area (Å²) in [5.74, 6) is -0.343. The average Bonchev–Trinajstić information content (AvgIpc) is 3.39. The van der Waals surface area contributed by atoms with Crippen LogP contribution in [0, 0.1) is 17.8 Å². The lowest BCUT2D eigenvalue weighted by Gasteiger charge is -2.30. The number of carbonyl (C=O) groups excluding carboxylic acids is 4. The zero-order valence-electron chi connectivity index (χ0n) is 20.5. The van der Waals surface area contributed by atoms with Gasteiger partial charge in [0.05, 0.1) is 32.5 Å². The Kier molecular flexibility index (Phi) is 10.2. The van der Waals surface area contributed by atoms with E-state index >= 15 is 0 Å². The number of likely N-dealkylation sites (tertiary alicyclic amines) is 1. The zero-order chi connectivity index (χ0) is 25.2. The molecule has 3 rings (SSSR count). The van der Waals surface area contributed by atoms with Crippen LogP contribution in [0.5, 0.6) is 0 Å². The van der Waals surface area contributed by atoms with Crippen molar-refractivity contribution in [2.24, 2.45) is 17.8 Å². The summed E-state index contributed by atoms with van der Waals surface area (Å²) in [4.78, 5) is 49.4. The summed E-state index contributed by atoms with van der Waals surface area (Å²) in [6.07, 6.45) is 5.23. The number of amides is 4. The standard InChI is InChI=1S/C23H36N6O6/c1-16-11-21(31)29(23(16)33)13-17-3-5-18(6-4-17)22(32)25-12-19-14-28(27-26-19)8-10-35-9-7-24-20(30)15-34-2/h14,16-18H,3-13,15H2,1-2H3,(H,24,30)(H,25,32). The van der Waals surface area contributed by atoms with Crippen LogP contribution in [0.25, 0.3) is 0 Å². The number of hydrogen-bond donors (Lipinski definition) is 2. The van der Waals surface area contributed by atoms with Crippen LogP contribution >= 0.6 is 0 Å². The molecule has 4 amide bonds. The monoisotopic (exact) mass is 492 g/mol. The van der Waals surface area contributed by atoms with Gasteiger partial charge in [0.25, 0.3) is 0 Å². The lowest BCUT2D eigenvalue weighted by Crippen LogP contribution is -2.38. The fourth-order valence-corrected chi connectivity index (χ4v) is 4.46. The lowest BCUT2D eigenvalue weighted by atomic mass is 9.81. The molecule has 0 aromatic carbocycles. The van der Waals surface area contributed by atoms with Gasteiger partial charge in [-0.05, 0) is 31.6 Å². The number of carbonyl (C=O) groups is 4. The largest absolute Gasteiger partial charge is 0.378 e. The first kappa shape index (κ1) is 26.7. The van der Waals surface area contributed by atoms with Crippen LogP contribution < -0.4 is 10.6 Å². The number of imide groups is 1. The van der Waals surface area contributed by atoms with Crippen molar-refractivity contribution in [1.29, 1.82) is 0 Å². The molecule has 35 heavy (non-hydrogen) atoms. The molecule has 0 radical (unpaired) electrons. The molecular weight excluding hydrogens is 456 g/mol. The van der Waals surface area contributed by atoms with Crippen LogP contribution in [0.3, 0.4) is 0 Å². The van der Waals surface area contributed by atoms with E-state index in [2.05, 4.69) is 20.9 Å². The van der Waals surface area contributed by atoms with Gasteiger partial charge in [-0.3, -0.25) is 24.1 Å². The Labute approximate surface area is 205 Å². The Bertz CT molecular complexity index is 882. The predicted octanol–water partition coefficient (Wildman–Crippen LogP) is -0.125. The Morgan fingerprint density at radius 3 is 2.60 bits per heavy atom. The molecular formula is C23H36N6O6. The second-order valence-electron chi connectivity index (χ2n) is 9.25. The normalized spacial score (nSPS) is 22.5. The van der Waals surface area contributed by atoms with Gasteiger partial charge in [-0.1, -0.05) is 12.1 Å². The van der Waals surface area contributed by atoms with Gasteiger partial charge in [-0.2, -0.15) is 0 Å². The molecule has 1 unspecified atom stereocenters. The molecule has 1 aromatic heterocycles. The van der Waals surface area contributed by atoms with E-state index in [-0.39, 0.29) is 48.0 Å². The fraction of sp³-hybridized carbons (Fsp3) is 0.739. The van der Waals surface area contributed by atoms with Gasteiger partial charge in [-0.15, -0.1) is 5.10 Å². The summed E-state index contributed by atoms with van der Waals surface area (Å²) in [6, 6.07) is 0. The van der Waals surface area contributed by atoms with Gasteiger partial charge in [0.1, 0.15) is 12.3 Å². The van der Waals surface area contributed by atoms with Crippen molar-refractivity contribution in [3.63, 3.8) is 0 Å². The molecule has 2 heterocycles. The van der Waals surface area contributed by atoms with Gasteiger partial charge >= 0.3 is 0 Å². The summed E-state index contributed by atoms with van der Waals surface area (Å²) in [5, 5.41) is 13.7. The summed E-state index contributed by atoms with van der Waals surface area (Å²) in [7, 11) is 1.46. The van der Waals surface area contributed by atoms with E-state index in [9.17, 15) is 19.2 Å². The molecule has 1 saturated heterocycles. The van der Waals surface area contributed by atoms with Crippen LogP contribution in [0.15, 0.2) is 6.20 Å². The van der Waals surface area contributed by atoms with Crippen molar-refractivity contribution in [3.8, 4) is 0 Å². The molecule has 194 valence electrons. The summed E-state index contributed by atoms with van der Waals surface area (Å²) < 4.78 is 11.8. The highest BCUT2D eigenvalue weighted by atomic mass is 16.5. The van der Waals surface area contributed by atoms with Gasteiger partial charge < -0.3 is 20.1 Å². The minimum Gasteiger partial charge on any atom is -0.378 e. The molecule has 2 aliphatic rings. The summed E-state index contributed by atoms with van der Waals surface area (Å²) in [6.45, 7) is 4.34. The topological polar surface area (TPSA) is 145 Å². The Balaban J connectivity index is 1.28. The molecule has 12 nitrogen and oxygen atoms in total. The van der Waals surface area contributed by atoms with Crippen molar-refractivity contribution in [2.45, 2.75) is 52.1 Å². The third-order valence-electron chi connectivity index (χ3n) is 6.47. The maximum absolute atomic E-state index is 12.6. The van der Waals surface area contributed by atoms with Crippen molar-refractivity contribution in [3.05, 3.63) is 11.9 Å². The van der Waals surface area contributed by atoms with E-state index in [1.807, 2.05) is 0 Å². The Hall–Kier alpha value is -2.86. The van der Waals surface area contributed by atoms with Crippen LogP contribution in [-0.4, -0.2) is 83.5 Å². The van der Waals surface area contributed by atoms with Crippen LogP contribution in [0.4, 0.5) is 0 Å². The number of nitrogens with zero attached hydrogens (tertiary/aromatic N) is 4. The number of hydrogen-bond acceptors (Lipinski definition) is 8. The first-order chi connectivity index (χ1) is 16.9. The minimum atomic E-state index is -0.212. The van der Waals surface area contributed by atoms with Crippen LogP contribution in [-0.2, 0) is 41.7 Å². The smallest absolute Gasteiger partial charge is 0.246 e. The van der Waals surface area contributed by atoms with Crippen molar-refractivity contribution >= 4 is 23.6 Å². The Morgan fingerprint density at radius 1 is 1.14 bits per heavy atom. The average molecular weight is 493 g/mol. The molecule has 1 aliphatic heterocycles. The van der Waals surface area contributed by atoms with E-state index < -0.39 is 0 Å². The maximum Gasteiger partial charge on any atom is 0.246 e. The quantitative estimate of drug-likeness (QED) is 0.286.